The normalized spacial score (nSPS) is 38.1. The summed E-state index contributed by atoms with van der Waals surface area (Å²) >= 11 is 0. The molecule has 4 aliphatic rings. The molecule has 0 aliphatic heterocycles. The van der Waals surface area contributed by atoms with Crippen LogP contribution in [0.3, 0.4) is 0 Å². The lowest BCUT2D eigenvalue weighted by Gasteiger charge is -2.61. The van der Waals surface area contributed by atoms with E-state index in [1.807, 2.05) is 33.9 Å². The van der Waals surface area contributed by atoms with Crippen molar-refractivity contribution in [1.82, 2.24) is 0 Å². The van der Waals surface area contributed by atoms with Gasteiger partial charge in [0.2, 0.25) is 0 Å². The van der Waals surface area contributed by atoms with Crippen LogP contribution in [0, 0.1) is 46.3 Å². The Hall–Kier alpha value is -2.05. The fourth-order valence-corrected chi connectivity index (χ4v) is 7.94. The third kappa shape index (κ3) is 4.72. The summed E-state index contributed by atoms with van der Waals surface area (Å²) in [5.41, 5.74) is 4.18. The Bertz CT molecular complexity index is 1010. The highest BCUT2D eigenvalue weighted by Gasteiger charge is 2.62. The van der Waals surface area contributed by atoms with Crippen LogP contribution in [0.25, 0.3) is 0 Å². The maximum atomic E-state index is 12.2. The molecule has 3 saturated carbocycles. The van der Waals surface area contributed by atoms with Crippen molar-refractivity contribution >= 4 is 11.5 Å². The van der Waals surface area contributed by atoms with Gasteiger partial charge in [-0.2, -0.15) is 0 Å². The van der Waals surface area contributed by atoms with E-state index in [1.165, 1.54) is 17.6 Å². The second-order valence-electron chi connectivity index (χ2n) is 13.1. The van der Waals surface area contributed by atoms with Gasteiger partial charge in [0, 0.05) is 24.6 Å². The standard InChI is InChI=1S/C26H35NO2.C6H10/c1-25-13-12-19(28)14-17(25)6-9-20-22-10-11-23(29)26(22,2)15-21(24(20)25)16-4-7-18(27-3)8-5-16;1-5-6(2,3)4/h4-5,7-8,14,20-24,27,29H,6,9-13,15H2,1-3H3;1H,2-4H3. The molecule has 0 saturated heterocycles. The van der Waals surface area contributed by atoms with Crippen molar-refractivity contribution in [3.8, 4) is 12.3 Å². The molecule has 1 aromatic rings. The van der Waals surface area contributed by atoms with Crippen LogP contribution in [-0.4, -0.2) is 24.0 Å². The average Bonchev–Trinajstić information content (AvgIpc) is 3.13. The summed E-state index contributed by atoms with van der Waals surface area (Å²) < 4.78 is 0. The molecule has 0 aromatic heterocycles. The molecule has 0 heterocycles. The molecular formula is C32H45NO2. The van der Waals surface area contributed by atoms with Crippen LogP contribution in [0.1, 0.15) is 91.0 Å². The van der Waals surface area contributed by atoms with Crippen LogP contribution in [0.15, 0.2) is 35.9 Å². The van der Waals surface area contributed by atoms with Crippen molar-refractivity contribution in [3.63, 3.8) is 0 Å². The Morgan fingerprint density at radius 1 is 1.09 bits per heavy atom. The monoisotopic (exact) mass is 475 g/mol. The number of terminal acetylenes is 1. The zero-order chi connectivity index (χ0) is 25.6. The van der Waals surface area contributed by atoms with Gasteiger partial charge in [0.15, 0.2) is 5.78 Å². The topological polar surface area (TPSA) is 49.3 Å². The van der Waals surface area contributed by atoms with Gasteiger partial charge in [-0.25, -0.2) is 0 Å². The molecule has 5 rings (SSSR count). The molecule has 0 bridgehead atoms. The number of benzene rings is 1. The molecule has 1 aromatic carbocycles. The SMILES string of the molecule is C#CC(C)(C)C.CNc1ccc(C2CC3(C)C(O)CCC3C3CCC4=CC(=O)CCC4(C)C23)cc1. The summed E-state index contributed by atoms with van der Waals surface area (Å²) in [4.78, 5) is 12.2. The molecule has 3 nitrogen and oxygen atoms in total. The number of aliphatic hydroxyl groups excluding tert-OH is 1. The smallest absolute Gasteiger partial charge is 0.155 e. The van der Waals surface area contributed by atoms with Crippen molar-refractivity contribution in [2.75, 3.05) is 12.4 Å². The Morgan fingerprint density at radius 2 is 1.74 bits per heavy atom. The van der Waals surface area contributed by atoms with Crippen LogP contribution < -0.4 is 5.32 Å². The number of ketones is 1. The Balaban J connectivity index is 0.000000431. The molecule has 4 aliphatic carbocycles. The number of carbonyl (C=O) groups excluding carboxylic acids is 1. The first-order chi connectivity index (χ1) is 16.4. The van der Waals surface area contributed by atoms with Gasteiger partial charge in [0.05, 0.1) is 6.10 Å². The molecule has 0 radical (unpaired) electrons. The second-order valence-corrected chi connectivity index (χ2v) is 13.1. The molecular weight excluding hydrogens is 430 g/mol. The van der Waals surface area contributed by atoms with Gasteiger partial charge in [-0.1, -0.05) is 31.6 Å². The molecule has 3 fully saturated rings. The average molecular weight is 476 g/mol. The zero-order valence-electron chi connectivity index (χ0n) is 22.7. The second kappa shape index (κ2) is 9.44. The Kier molecular flexibility index (Phi) is 7.02. The molecule has 190 valence electrons. The number of anilines is 1. The third-order valence-corrected chi connectivity index (χ3v) is 9.93. The molecule has 7 atom stereocenters. The highest BCUT2D eigenvalue weighted by Crippen LogP contribution is 2.68. The van der Waals surface area contributed by atoms with Crippen LogP contribution in [-0.2, 0) is 4.79 Å². The number of carbonyl (C=O) groups is 1. The third-order valence-electron chi connectivity index (χ3n) is 9.93. The number of allylic oxidation sites excluding steroid dienone is 1. The summed E-state index contributed by atoms with van der Waals surface area (Å²) in [5.74, 6) is 5.21. The largest absolute Gasteiger partial charge is 0.393 e. The van der Waals surface area contributed by atoms with Crippen LogP contribution in [0.4, 0.5) is 5.69 Å². The van der Waals surface area contributed by atoms with Crippen molar-refractivity contribution < 1.29 is 9.90 Å². The van der Waals surface area contributed by atoms with Crippen molar-refractivity contribution in [1.29, 1.82) is 0 Å². The molecule has 7 unspecified atom stereocenters. The predicted octanol–water partition coefficient (Wildman–Crippen LogP) is 6.98. The van der Waals surface area contributed by atoms with Crippen molar-refractivity contribution in [2.45, 2.75) is 91.6 Å². The summed E-state index contributed by atoms with van der Waals surface area (Å²) in [6.07, 6.45) is 14.0. The highest BCUT2D eigenvalue weighted by atomic mass is 16.3. The van der Waals surface area contributed by atoms with E-state index in [4.69, 9.17) is 6.42 Å². The summed E-state index contributed by atoms with van der Waals surface area (Å²) in [6, 6.07) is 8.98. The van der Waals surface area contributed by atoms with Crippen LogP contribution in [0.5, 0.6) is 0 Å². The first kappa shape index (κ1) is 26.0. The van der Waals surface area contributed by atoms with E-state index in [0.717, 1.165) is 37.8 Å². The molecule has 35 heavy (non-hydrogen) atoms. The number of nitrogens with one attached hydrogen (secondary N) is 1. The number of aliphatic hydroxyl groups is 1. The fourth-order valence-electron chi connectivity index (χ4n) is 7.94. The van der Waals surface area contributed by atoms with E-state index in [1.54, 1.807) is 0 Å². The van der Waals surface area contributed by atoms with Crippen molar-refractivity contribution in [3.05, 3.63) is 41.5 Å². The van der Waals surface area contributed by atoms with Gasteiger partial charge >= 0.3 is 0 Å². The molecule has 0 amide bonds. The minimum Gasteiger partial charge on any atom is -0.393 e. The van der Waals surface area contributed by atoms with Gasteiger partial charge in [0.25, 0.3) is 0 Å². The summed E-state index contributed by atoms with van der Waals surface area (Å²) in [6.45, 7) is 10.8. The minimum absolute atomic E-state index is 0.0234. The van der Waals surface area contributed by atoms with Crippen LogP contribution >= 0.6 is 0 Å². The lowest BCUT2D eigenvalue weighted by atomic mass is 9.44. The van der Waals surface area contributed by atoms with E-state index in [9.17, 15) is 9.90 Å². The highest BCUT2D eigenvalue weighted by molar-refractivity contribution is 5.91. The lowest BCUT2D eigenvalue weighted by Crippen LogP contribution is -2.54. The number of hydrogen-bond acceptors (Lipinski definition) is 3. The van der Waals surface area contributed by atoms with Gasteiger partial charge in [-0.15, -0.1) is 12.3 Å². The van der Waals surface area contributed by atoms with E-state index >= 15 is 0 Å². The Labute approximate surface area is 213 Å². The van der Waals surface area contributed by atoms with E-state index in [0.29, 0.717) is 35.9 Å². The molecule has 2 N–H and O–H groups in total. The quantitative estimate of drug-likeness (QED) is 0.454. The lowest BCUT2D eigenvalue weighted by molar-refractivity contribution is -0.118. The maximum absolute atomic E-state index is 12.2. The summed E-state index contributed by atoms with van der Waals surface area (Å²) in [7, 11) is 1.96. The van der Waals surface area contributed by atoms with Gasteiger partial charge in [0.1, 0.15) is 0 Å². The molecule has 3 heteroatoms. The zero-order valence-corrected chi connectivity index (χ0v) is 22.7. The predicted molar refractivity (Wildman–Crippen MR) is 145 cm³/mol. The molecule has 0 spiro atoms. The number of hydrogen-bond donors (Lipinski definition) is 2. The number of fused-ring (bicyclic) bond motifs is 5. The fraction of sp³-hybridized carbons (Fsp3) is 0.656. The van der Waals surface area contributed by atoms with Gasteiger partial charge in [-0.3, -0.25) is 4.79 Å². The van der Waals surface area contributed by atoms with E-state index in [-0.39, 0.29) is 22.3 Å². The van der Waals surface area contributed by atoms with Crippen molar-refractivity contribution in [2.24, 2.45) is 34.0 Å². The van der Waals surface area contributed by atoms with E-state index < -0.39 is 0 Å². The number of rotatable bonds is 2. The maximum Gasteiger partial charge on any atom is 0.155 e. The summed E-state index contributed by atoms with van der Waals surface area (Å²) in [5, 5.41) is 14.2. The van der Waals surface area contributed by atoms with Gasteiger partial charge in [-0.05, 0) is 118 Å². The first-order valence-corrected chi connectivity index (χ1v) is 13.6. The van der Waals surface area contributed by atoms with Gasteiger partial charge < -0.3 is 10.4 Å². The Morgan fingerprint density at radius 3 is 2.34 bits per heavy atom. The van der Waals surface area contributed by atoms with E-state index in [2.05, 4.69) is 49.4 Å². The van der Waals surface area contributed by atoms with Crippen LogP contribution in [0.2, 0.25) is 0 Å². The first-order valence-electron chi connectivity index (χ1n) is 13.6. The minimum atomic E-state index is -0.176.